The van der Waals surface area contributed by atoms with E-state index in [0.29, 0.717) is 11.4 Å². The zero-order chi connectivity index (χ0) is 10.8. The van der Waals surface area contributed by atoms with E-state index in [1.54, 1.807) is 13.2 Å². The first-order valence-electron chi connectivity index (χ1n) is 4.21. The number of aromatic carboxylic acids is 1. The third-order valence-corrected chi connectivity index (χ3v) is 1.86. The first-order chi connectivity index (χ1) is 7.16. The lowest BCUT2D eigenvalue weighted by Gasteiger charge is -2.02. The maximum Gasteiger partial charge on any atom is 0.131 e. The number of aromatic nitrogens is 4. The van der Waals surface area contributed by atoms with Crippen molar-refractivity contribution in [3.8, 4) is 11.4 Å². The number of nitrogens with zero attached hydrogens (tertiary/aromatic N) is 4. The van der Waals surface area contributed by atoms with Gasteiger partial charge in [-0.3, -0.25) is 9.67 Å². The van der Waals surface area contributed by atoms with Gasteiger partial charge in [-0.15, -0.1) is 5.10 Å². The molecule has 0 aromatic carbocycles. The largest absolute Gasteiger partial charge is 0.545 e. The molecular formula is C9H7N4O2-. The molecule has 2 rings (SSSR count). The van der Waals surface area contributed by atoms with Crippen LogP contribution in [-0.2, 0) is 7.05 Å². The lowest BCUT2D eigenvalue weighted by Crippen LogP contribution is -2.22. The average Bonchev–Trinajstić information content (AvgIpc) is 2.65. The van der Waals surface area contributed by atoms with Crippen molar-refractivity contribution in [2.24, 2.45) is 7.05 Å². The molecule has 15 heavy (non-hydrogen) atoms. The van der Waals surface area contributed by atoms with Crippen molar-refractivity contribution >= 4 is 5.97 Å². The minimum atomic E-state index is -1.23. The number of rotatable bonds is 2. The van der Waals surface area contributed by atoms with Gasteiger partial charge in [-0.25, -0.2) is 0 Å². The molecule has 0 unspecified atom stereocenters. The van der Waals surface area contributed by atoms with Crippen LogP contribution in [0, 0.1) is 0 Å². The fraction of sp³-hybridized carbons (Fsp3) is 0.111. The Bertz CT molecular complexity index is 506. The number of carbonyl (C=O) groups is 1. The Morgan fingerprint density at radius 2 is 2.27 bits per heavy atom. The number of carboxylic acids is 1. The molecule has 6 nitrogen and oxygen atoms in total. The van der Waals surface area contributed by atoms with E-state index in [-0.39, 0.29) is 5.56 Å². The molecule has 0 radical (unpaired) electrons. The summed E-state index contributed by atoms with van der Waals surface area (Å²) in [4.78, 5) is 14.6. The summed E-state index contributed by atoms with van der Waals surface area (Å²) in [6, 6.07) is 2.77. The molecule has 0 saturated heterocycles. The minimum absolute atomic E-state index is 0.0747. The molecule has 0 N–H and O–H groups in total. The highest BCUT2D eigenvalue weighted by atomic mass is 16.4. The fourth-order valence-electron chi connectivity index (χ4n) is 1.16. The Kier molecular flexibility index (Phi) is 2.17. The van der Waals surface area contributed by atoms with Crippen molar-refractivity contribution in [2.75, 3.05) is 0 Å². The Morgan fingerprint density at radius 3 is 2.87 bits per heavy atom. The standard InChI is InChI=1S/C9H8N4O2/c1-13-5-8(11-12-13)7-4-6(9(14)15)2-3-10-7/h2-5H,1H3,(H,14,15)/p-1. The molecule has 0 spiro atoms. The summed E-state index contributed by atoms with van der Waals surface area (Å²) < 4.78 is 1.52. The summed E-state index contributed by atoms with van der Waals surface area (Å²) in [5, 5.41) is 18.2. The molecule has 0 aliphatic rings. The van der Waals surface area contributed by atoms with Crippen LogP contribution in [0.15, 0.2) is 24.5 Å². The van der Waals surface area contributed by atoms with Gasteiger partial charge in [0.05, 0.1) is 17.9 Å². The summed E-state index contributed by atoms with van der Waals surface area (Å²) in [5.74, 6) is -1.23. The molecule has 76 valence electrons. The Morgan fingerprint density at radius 1 is 1.47 bits per heavy atom. The molecule has 0 atom stereocenters. The zero-order valence-corrected chi connectivity index (χ0v) is 7.91. The average molecular weight is 203 g/mol. The van der Waals surface area contributed by atoms with E-state index >= 15 is 0 Å². The zero-order valence-electron chi connectivity index (χ0n) is 7.91. The number of pyridine rings is 1. The van der Waals surface area contributed by atoms with Crippen LogP contribution in [0.5, 0.6) is 0 Å². The van der Waals surface area contributed by atoms with Gasteiger partial charge >= 0.3 is 0 Å². The summed E-state index contributed by atoms with van der Waals surface area (Å²) in [6.07, 6.45) is 3.05. The Balaban J connectivity index is 2.45. The minimum Gasteiger partial charge on any atom is -0.545 e. The van der Waals surface area contributed by atoms with Crippen molar-refractivity contribution in [2.45, 2.75) is 0 Å². The van der Waals surface area contributed by atoms with E-state index in [4.69, 9.17) is 0 Å². The van der Waals surface area contributed by atoms with Crippen molar-refractivity contribution in [3.05, 3.63) is 30.1 Å². The number of carboxylic acid groups (broad SMARTS) is 1. The summed E-state index contributed by atoms with van der Waals surface area (Å²) in [7, 11) is 1.72. The van der Waals surface area contributed by atoms with Gasteiger partial charge in [0, 0.05) is 18.8 Å². The van der Waals surface area contributed by atoms with Crippen LogP contribution in [0.3, 0.4) is 0 Å². The van der Waals surface area contributed by atoms with Crippen LogP contribution in [0.2, 0.25) is 0 Å². The summed E-state index contributed by atoms with van der Waals surface area (Å²) in [6.45, 7) is 0. The second-order valence-corrected chi connectivity index (χ2v) is 2.99. The van der Waals surface area contributed by atoms with Gasteiger partial charge in [0.25, 0.3) is 0 Å². The van der Waals surface area contributed by atoms with Crippen molar-refractivity contribution in [3.63, 3.8) is 0 Å². The predicted octanol–water partition coefficient (Wildman–Crippen LogP) is -0.759. The van der Waals surface area contributed by atoms with Crippen LogP contribution in [0.25, 0.3) is 11.4 Å². The van der Waals surface area contributed by atoms with Crippen LogP contribution in [-0.4, -0.2) is 25.9 Å². The van der Waals surface area contributed by atoms with Gasteiger partial charge in [0.2, 0.25) is 0 Å². The third-order valence-electron chi connectivity index (χ3n) is 1.86. The number of carbonyl (C=O) groups excluding carboxylic acids is 1. The topological polar surface area (TPSA) is 83.7 Å². The fourth-order valence-corrected chi connectivity index (χ4v) is 1.16. The van der Waals surface area contributed by atoms with E-state index in [2.05, 4.69) is 15.3 Å². The van der Waals surface area contributed by atoms with Crippen LogP contribution in [0.1, 0.15) is 10.4 Å². The van der Waals surface area contributed by atoms with Crippen LogP contribution in [0.4, 0.5) is 0 Å². The highest BCUT2D eigenvalue weighted by Crippen LogP contribution is 2.13. The van der Waals surface area contributed by atoms with Gasteiger partial charge in [0.15, 0.2) is 0 Å². The van der Waals surface area contributed by atoms with Crippen LogP contribution < -0.4 is 5.11 Å². The molecule has 0 aliphatic carbocycles. The van der Waals surface area contributed by atoms with Crippen LogP contribution >= 0.6 is 0 Å². The van der Waals surface area contributed by atoms with E-state index in [1.807, 2.05) is 0 Å². The molecule has 2 heterocycles. The van der Waals surface area contributed by atoms with Gasteiger partial charge in [0.1, 0.15) is 5.69 Å². The first-order valence-corrected chi connectivity index (χ1v) is 4.21. The number of aryl methyl sites for hydroxylation is 1. The molecule has 0 bridgehead atoms. The van der Waals surface area contributed by atoms with Crippen molar-refractivity contribution in [1.82, 2.24) is 20.0 Å². The smallest absolute Gasteiger partial charge is 0.131 e. The second kappa shape index (κ2) is 3.49. The monoisotopic (exact) mass is 203 g/mol. The third kappa shape index (κ3) is 1.83. The molecule has 0 amide bonds. The number of hydrogen-bond acceptors (Lipinski definition) is 5. The molecule has 6 heteroatoms. The van der Waals surface area contributed by atoms with E-state index in [9.17, 15) is 9.90 Å². The first kappa shape index (κ1) is 9.32. The Hall–Kier alpha value is -2.24. The molecular weight excluding hydrogens is 196 g/mol. The Labute approximate surface area is 85.2 Å². The molecule has 2 aromatic heterocycles. The predicted molar refractivity (Wildman–Crippen MR) is 48.6 cm³/mol. The maximum atomic E-state index is 10.6. The molecule has 0 fully saturated rings. The highest BCUT2D eigenvalue weighted by molar-refractivity contribution is 5.86. The quantitative estimate of drug-likeness (QED) is 0.640. The van der Waals surface area contributed by atoms with E-state index in [0.717, 1.165) is 0 Å². The SMILES string of the molecule is Cn1cc(-c2cc(C(=O)[O-])ccn2)nn1. The maximum absolute atomic E-state index is 10.6. The van der Waals surface area contributed by atoms with Crippen molar-refractivity contribution in [1.29, 1.82) is 0 Å². The normalized spacial score (nSPS) is 10.2. The molecule has 0 saturated carbocycles. The summed E-state index contributed by atoms with van der Waals surface area (Å²) >= 11 is 0. The highest BCUT2D eigenvalue weighted by Gasteiger charge is 2.04. The van der Waals surface area contributed by atoms with Gasteiger partial charge in [-0.1, -0.05) is 5.21 Å². The lowest BCUT2D eigenvalue weighted by atomic mass is 10.2. The van der Waals surface area contributed by atoms with Gasteiger partial charge in [-0.2, -0.15) is 0 Å². The number of hydrogen-bond donors (Lipinski definition) is 0. The second-order valence-electron chi connectivity index (χ2n) is 2.99. The van der Waals surface area contributed by atoms with Gasteiger partial charge < -0.3 is 9.90 Å². The van der Waals surface area contributed by atoms with E-state index in [1.165, 1.54) is 23.0 Å². The lowest BCUT2D eigenvalue weighted by molar-refractivity contribution is -0.255. The molecule has 0 aliphatic heterocycles. The van der Waals surface area contributed by atoms with E-state index < -0.39 is 5.97 Å². The van der Waals surface area contributed by atoms with Gasteiger partial charge in [-0.05, 0) is 12.1 Å². The molecule has 2 aromatic rings. The van der Waals surface area contributed by atoms with Crippen molar-refractivity contribution < 1.29 is 9.90 Å². The summed E-state index contributed by atoms with van der Waals surface area (Å²) in [5.41, 5.74) is 1.07.